The molecule has 0 fully saturated rings. The second-order valence-corrected chi connectivity index (χ2v) is 8.58. The van der Waals surface area contributed by atoms with Gasteiger partial charge in [0.2, 0.25) is 0 Å². The number of fused-ring (bicyclic) bond motifs is 1. The van der Waals surface area contributed by atoms with Gasteiger partial charge in [0.25, 0.3) is 5.91 Å². The van der Waals surface area contributed by atoms with Crippen LogP contribution in [-0.4, -0.2) is 28.7 Å². The fourth-order valence-corrected chi connectivity index (χ4v) is 4.31. The molecule has 1 atom stereocenters. The number of benzene rings is 3. The molecule has 0 radical (unpaired) electrons. The van der Waals surface area contributed by atoms with E-state index >= 15 is 0 Å². The molecule has 0 bridgehead atoms. The maximum absolute atomic E-state index is 13.6. The third-order valence-corrected chi connectivity index (χ3v) is 6.15. The average Bonchev–Trinajstić information content (AvgIpc) is 3.48. The Balaban J connectivity index is 1.45. The summed E-state index contributed by atoms with van der Waals surface area (Å²) in [5.41, 5.74) is 4.50. The SMILES string of the molecule is Cc1ccc(N(CC2Cn3cccc3C2=NOC(=O)c2ccccc2)C(=O)c2ccccc2)cc1. The fourth-order valence-electron chi connectivity index (χ4n) is 4.31. The second kappa shape index (κ2) is 9.81. The third kappa shape index (κ3) is 4.77. The van der Waals surface area contributed by atoms with E-state index < -0.39 is 5.97 Å². The van der Waals surface area contributed by atoms with Gasteiger partial charge in [-0.1, -0.05) is 59.3 Å². The first kappa shape index (κ1) is 22.3. The van der Waals surface area contributed by atoms with Gasteiger partial charge in [-0.3, -0.25) is 4.79 Å². The summed E-state index contributed by atoms with van der Waals surface area (Å²) in [4.78, 5) is 33.2. The van der Waals surface area contributed by atoms with Crippen LogP contribution in [0.15, 0.2) is 108 Å². The molecule has 2 heterocycles. The first-order valence-electron chi connectivity index (χ1n) is 11.5. The van der Waals surface area contributed by atoms with Crippen LogP contribution in [0.2, 0.25) is 0 Å². The van der Waals surface area contributed by atoms with E-state index in [4.69, 9.17) is 4.84 Å². The molecule has 1 aliphatic rings. The minimum atomic E-state index is -0.516. The van der Waals surface area contributed by atoms with E-state index in [0.717, 1.165) is 16.9 Å². The molecule has 35 heavy (non-hydrogen) atoms. The molecular weight excluding hydrogens is 438 g/mol. The van der Waals surface area contributed by atoms with Crippen molar-refractivity contribution in [2.24, 2.45) is 11.1 Å². The van der Waals surface area contributed by atoms with Gasteiger partial charge in [-0.2, -0.15) is 0 Å². The monoisotopic (exact) mass is 463 g/mol. The van der Waals surface area contributed by atoms with Crippen LogP contribution < -0.4 is 4.90 Å². The molecular formula is C29H25N3O3. The summed E-state index contributed by atoms with van der Waals surface area (Å²) >= 11 is 0. The van der Waals surface area contributed by atoms with Gasteiger partial charge in [-0.25, -0.2) is 4.79 Å². The van der Waals surface area contributed by atoms with E-state index in [0.29, 0.717) is 29.9 Å². The van der Waals surface area contributed by atoms with E-state index in [9.17, 15) is 9.59 Å². The number of nitrogens with zero attached hydrogens (tertiary/aromatic N) is 3. The molecule has 6 nitrogen and oxygen atoms in total. The first-order valence-corrected chi connectivity index (χ1v) is 11.5. The summed E-state index contributed by atoms with van der Waals surface area (Å²) in [6.07, 6.45) is 1.97. The van der Waals surface area contributed by atoms with Crippen LogP contribution in [0, 0.1) is 12.8 Å². The highest BCUT2D eigenvalue weighted by Gasteiger charge is 2.33. The molecule has 0 saturated carbocycles. The van der Waals surface area contributed by atoms with Gasteiger partial charge < -0.3 is 14.3 Å². The second-order valence-electron chi connectivity index (χ2n) is 8.58. The summed E-state index contributed by atoms with van der Waals surface area (Å²) < 4.78 is 2.07. The van der Waals surface area contributed by atoms with Crippen molar-refractivity contribution in [1.29, 1.82) is 0 Å². The molecule has 4 aromatic rings. The summed E-state index contributed by atoms with van der Waals surface area (Å²) in [6.45, 7) is 3.04. The maximum Gasteiger partial charge on any atom is 0.365 e. The quantitative estimate of drug-likeness (QED) is 0.287. The number of oxime groups is 1. The topological polar surface area (TPSA) is 63.9 Å². The summed E-state index contributed by atoms with van der Waals surface area (Å²) in [5.74, 6) is -0.756. The van der Waals surface area contributed by atoms with Crippen LogP contribution in [0.25, 0.3) is 0 Å². The van der Waals surface area contributed by atoms with Crippen LogP contribution in [0.3, 0.4) is 0 Å². The Morgan fingerprint density at radius 1 is 0.886 bits per heavy atom. The van der Waals surface area contributed by atoms with Crippen molar-refractivity contribution in [2.45, 2.75) is 13.5 Å². The Bertz CT molecular complexity index is 1360. The van der Waals surface area contributed by atoms with Crippen molar-refractivity contribution in [2.75, 3.05) is 11.4 Å². The molecule has 174 valence electrons. The Hall–Kier alpha value is -4.45. The molecule has 1 amide bonds. The number of aromatic nitrogens is 1. The van der Waals surface area contributed by atoms with Gasteiger partial charge in [0.15, 0.2) is 0 Å². The van der Waals surface area contributed by atoms with Crippen molar-refractivity contribution < 1.29 is 14.4 Å². The fraction of sp³-hybridized carbons (Fsp3) is 0.138. The van der Waals surface area contributed by atoms with Crippen LogP contribution in [0.1, 0.15) is 32.0 Å². The van der Waals surface area contributed by atoms with Gasteiger partial charge >= 0.3 is 5.97 Å². The molecule has 5 rings (SSSR count). The molecule has 1 aromatic heterocycles. The highest BCUT2D eigenvalue weighted by atomic mass is 16.7. The van der Waals surface area contributed by atoms with Gasteiger partial charge in [0, 0.05) is 36.5 Å². The van der Waals surface area contributed by atoms with E-state index in [2.05, 4.69) is 9.72 Å². The van der Waals surface area contributed by atoms with Gasteiger partial charge in [0.1, 0.15) is 5.71 Å². The predicted molar refractivity (Wildman–Crippen MR) is 136 cm³/mol. The number of amides is 1. The maximum atomic E-state index is 13.6. The van der Waals surface area contributed by atoms with E-state index in [1.807, 2.05) is 85.9 Å². The van der Waals surface area contributed by atoms with Crippen molar-refractivity contribution in [3.8, 4) is 0 Å². The summed E-state index contributed by atoms with van der Waals surface area (Å²) in [6, 6.07) is 29.8. The van der Waals surface area contributed by atoms with Crippen LogP contribution in [0.4, 0.5) is 5.69 Å². The van der Waals surface area contributed by atoms with Gasteiger partial charge in [-0.15, -0.1) is 0 Å². The zero-order chi connectivity index (χ0) is 24.2. The zero-order valence-electron chi connectivity index (χ0n) is 19.4. The number of aryl methyl sites for hydroxylation is 1. The summed E-state index contributed by atoms with van der Waals surface area (Å²) in [7, 11) is 0. The first-order chi connectivity index (χ1) is 17.1. The van der Waals surface area contributed by atoms with E-state index in [1.54, 1.807) is 29.2 Å². The molecule has 0 aliphatic carbocycles. The number of anilines is 1. The van der Waals surface area contributed by atoms with Crippen molar-refractivity contribution in [1.82, 2.24) is 4.57 Å². The Morgan fingerprint density at radius 3 is 2.23 bits per heavy atom. The number of hydrogen-bond acceptors (Lipinski definition) is 4. The smallest absolute Gasteiger partial charge is 0.346 e. The lowest BCUT2D eigenvalue weighted by molar-refractivity contribution is 0.0514. The molecule has 6 heteroatoms. The molecule has 0 N–H and O–H groups in total. The third-order valence-electron chi connectivity index (χ3n) is 6.15. The minimum absolute atomic E-state index is 0.0911. The normalized spacial score (nSPS) is 15.6. The van der Waals surface area contributed by atoms with E-state index in [-0.39, 0.29) is 11.8 Å². The standard InChI is InChI=1S/C29H25N3O3/c1-21-14-16-25(17-15-21)32(28(33)22-9-4-2-5-10-22)20-24-19-31-18-8-13-26(31)27(24)30-35-29(34)23-11-6-3-7-12-23/h2-18,24H,19-20H2,1H3. The largest absolute Gasteiger partial charge is 0.365 e. The zero-order valence-corrected chi connectivity index (χ0v) is 19.4. The molecule has 0 spiro atoms. The minimum Gasteiger partial charge on any atom is -0.346 e. The Kier molecular flexibility index (Phi) is 6.26. The lowest BCUT2D eigenvalue weighted by atomic mass is 10.0. The molecule has 3 aromatic carbocycles. The number of rotatable bonds is 6. The van der Waals surface area contributed by atoms with Gasteiger partial charge in [-0.05, 0) is 55.5 Å². The highest BCUT2D eigenvalue weighted by Crippen LogP contribution is 2.27. The Labute approximate surface area is 204 Å². The molecule has 1 unspecified atom stereocenters. The molecule has 0 saturated heterocycles. The molecule has 1 aliphatic heterocycles. The predicted octanol–water partition coefficient (Wildman–Crippen LogP) is 5.33. The number of carbonyl (C=O) groups excluding carboxylic acids is 2. The lowest BCUT2D eigenvalue weighted by Crippen LogP contribution is -2.37. The highest BCUT2D eigenvalue weighted by molar-refractivity contribution is 6.08. The van der Waals surface area contributed by atoms with Crippen LogP contribution in [0.5, 0.6) is 0 Å². The van der Waals surface area contributed by atoms with Crippen molar-refractivity contribution >= 4 is 23.3 Å². The van der Waals surface area contributed by atoms with E-state index in [1.165, 1.54) is 0 Å². The summed E-state index contributed by atoms with van der Waals surface area (Å²) in [5, 5.41) is 4.30. The number of hydrogen-bond donors (Lipinski definition) is 0. The van der Waals surface area contributed by atoms with Crippen LogP contribution >= 0.6 is 0 Å². The van der Waals surface area contributed by atoms with Crippen LogP contribution in [-0.2, 0) is 11.4 Å². The Morgan fingerprint density at radius 2 is 1.54 bits per heavy atom. The number of carbonyl (C=O) groups is 2. The van der Waals surface area contributed by atoms with Gasteiger partial charge in [0.05, 0.1) is 11.3 Å². The van der Waals surface area contributed by atoms with Crippen molar-refractivity contribution in [3.63, 3.8) is 0 Å². The lowest BCUT2D eigenvalue weighted by Gasteiger charge is -2.26. The average molecular weight is 464 g/mol. The van der Waals surface area contributed by atoms with Crippen molar-refractivity contribution in [3.05, 3.63) is 126 Å².